The van der Waals surface area contributed by atoms with Crippen LogP contribution in [-0.2, 0) is 4.74 Å². The van der Waals surface area contributed by atoms with Gasteiger partial charge in [-0.15, -0.1) is 0 Å². The van der Waals surface area contributed by atoms with Crippen LogP contribution in [0.3, 0.4) is 0 Å². The maximum atomic E-state index is 12.7. The number of carbonyl (C=O) groups is 1. The van der Waals surface area contributed by atoms with E-state index in [0.29, 0.717) is 11.8 Å². The summed E-state index contributed by atoms with van der Waals surface area (Å²) in [7, 11) is 0. The molecule has 0 aromatic heterocycles. The number of amides is 1. The highest BCUT2D eigenvalue weighted by Crippen LogP contribution is 2.60. The van der Waals surface area contributed by atoms with Crippen LogP contribution >= 0.6 is 0 Å². The van der Waals surface area contributed by atoms with Crippen LogP contribution in [0.1, 0.15) is 64.7 Å². The molecule has 0 spiro atoms. The standard InChI is InChI=1S/C18H29NO2/c1-2-18(21-17(20)19-6-4-3-5-7-19)15-9-13-8-14(11-15)12-16(18)10-13/h13-16H,2-12H2,1H3. The van der Waals surface area contributed by atoms with Crippen molar-refractivity contribution in [1.29, 1.82) is 0 Å². The smallest absolute Gasteiger partial charge is 0.410 e. The molecule has 0 aromatic rings. The first-order valence-corrected chi connectivity index (χ1v) is 9.19. The Labute approximate surface area is 128 Å². The molecule has 5 rings (SSSR count). The summed E-state index contributed by atoms with van der Waals surface area (Å²) < 4.78 is 6.29. The van der Waals surface area contributed by atoms with Crippen LogP contribution in [0.4, 0.5) is 4.79 Å². The van der Waals surface area contributed by atoms with Crippen molar-refractivity contribution >= 4 is 6.09 Å². The van der Waals surface area contributed by atoms with Gasteiger partial charge in [-0.05, 0) is 81.5 Å². The van der Waals surface area contributed by atoms with E-state index in [1.807, 2.05) is 4.90 Å². The molecular weight excluding hydrogens is 262 g/mol. The van der Waals surface area contributed by atoms with Gasteiger partial charge >= 0.3 is 6.09 Å². The Morgan fingerprint density at radius 3 is 2.10 bits per heavy atom. The monoisotopic (exact) mass is 291 g/mol. The molecule has 118 valence electrons. The van der Waals surface area contributed by atoms with Crippen molar-refractivity contribution in [2.75, 3.05) is 13.1 Å². The predicted octanol–water partition coefficient (Wildman–Crippen LogP) is 4.21. The highest BCUT2D eigenvalue weighted by molar-refractivity contribution is 5.68. The number of nitrogens with zero attached hydrogens (tertiary/aromatic N) is 1. The Kier molecular flexibility index (Phi) is 3.42. The fourth-order valence-electron chi connectivity index (χ4n) is 6.10. The second kappa shape index (κ2) is 5.17. The highest BCUT2D eigenvalue weighted by atomic mass is 16.6. The quantitative estimate of drug-likeness (QED) is 0.762. The molecule has 4 bridgehead atoms. The van der Waals surface area contributed by atoms with Crippen LogP contribution in [0.5, 0.6) is 0 Å². The molecule has 1 amide bonds. The van der Waals surface area contributed by atoms with Crippen molar-refractivity contribution in [1.82, 2.24) is 4.90 Å². The minimum absolute atomic E-state index is 0.0102. The molecule has 5 aliphatic rings. The number of hydrogen-bond acceptors (Lipinski definition) is 2. The summed E-state index contributed by atoms with van der Waals surface area (Å²) >= 11 is 0. The second-order valence-electron chi connectivity index (χ2n) is 8.03. The predicted molar refractivity (Wildman–Crippen MR) is 82.0 cm³/mol. The average Bonchev–Trinajstić information content (AvgIpc) is 2.51. The van der Waals surface area contributed by atoms with Gasteiger partial charge in [-0.1, -0.05) is 6.92 Å². The molecule has 0 N–H and O–H groups in total. The Morgan fingerprint density at radius 2 is 1.57 bits per heavy atom. The summed E-state index contributed by atoms with van der Waals surface area (Å²) in [6.07, 6.45) is 11.3. The minimum Gasteiger partial charge on any atom is -0.442 e. The lowest BCUT2D eigenvalue weighted by Gasteiger charge is -2.60. The molecule has 0 radical (unpaired) electrons. The molecule has 1 saturated heterocycles. The summed E-state index contributed by atoms with van der Waals surface area (Å²) in [5.41, 5.74) is -0.123. The van der Waals surface area contributed by atoms with Crippen molar-refractivity contribution in [3.8, 4) is 0 Å². The third-order valence-corrected chi connectivity index (χ3v) is 6.96. The van der Waals surface area contributed by atoms with E-state index >= 15 is 0 Å². The molecule has 1 aliphatic heterocycles. The fraction of sp³-hybridized carbons (Fsp3) is 0.944. The molecule has 3 nitrogen and oxygen atoms in total. The van der Waals surface area contributed by atoms with Gasteiger partial charge in [0.2, 0.25) is 0 Å². The summed E-state index contributed by atoms with van der Waals surface area (Å²) in [5, 5.41) is 0. The van der Waals surface area contributed by atoms with E-state index in [4.69, 9.17) is 4.74 Å². The van der Waals surface area contributed by atoms with E-state index in [-0.39, 0.29) is 11.7 Å². The first kappa shape index (κ1) is 13.9. The third-order valence-electron chi connectivity index (χ3n) is 6.96. The van der Waals surface area contributed by atoms with E-state index in [1.165, 1.54) is 38.5 Å². The van der Waals surface area contributed by atoms with Gasteiger partial charge in [0.25, 0.3) is 0 Å². The van der Waals surface area contributed by atoms with Gasteiger partial charge in [-0.25, -0.2) is 4.79 Å². The van der Waals surface area contributed by atoms with E-state index in [0.717, 1.165) is 44.2 Å². The molecule has 5 fully saturated rings. The summed E-state index contributed by atoms with van der Waals surface area (Å²) in [4.78, 5) is 14.6. The summed E-state index contributed by atoms with van der Waals surface area (Å²) in [5.74, 6) is 3.15. The Balaban J connectivity index is 1.52. The zero-order valence-electron chi connectivity index (χ0n) is 13.4. The average molecular weight is 291 g/mol. The highest BCUT2D eigenvalue weighted by Gasteiger charge is 2.58. The summed E-state index contributed by atoms with van der Waals surface area (Å²) in [6.45, 7) is 4.05. The van der Waals surface area contributed by atoms with E-state index in [2.05, 4.69) is 6.92 Å². The van der Waals surface area contributed by atoms with Crippen LogP contribution in [-0.4, -0.2) is 29.7 Å². The van der Waals surface area contributed by atoms with Crippen molar-refractivity contribution in [2.24, 2.45) is 23.7 Å². The van der Waals surface area contributed by atoms with Crippen LogP contribution in [0.25, 0.3) is 0 Å². The minimum atomic E-state index is -0.123. The topological polar surface area (TPSA) is 29.5 Å². The van der Waals surface area contributed by atoms with Crippen molar-refractivity contribution in [3.63, 3.8) is 0 Å². The maximum absolute atomic E-state index is 12.7. The molecule has 0 unspecified atom stereocenters. The zero-order valence-corrected chi connectivity index (χ0v) is 13.4. The van der Waals surface area contributed by atoms with Crippen molar-refractivity contribution in [3.05, 3.63) is 0 Å². The Bertz CT molecular complexity index is 385. The van der Waals surface area contributed by atoms with Crippen LogP contribution in [0, 0.1) is 23.7 Å². The molecule has 1 heterocycles. The second-order valence-corrected chi connectivity index (χ2v) is 8.03. The molecular formula is C18H29NO2. The van der Waals surface area contributed by atoms with Gasteiger partial charge in [0.05, 0.1) is 0 Å². The lowest BCUT2D eigenvalue weighted by molar-refractivity contribution is -0.179. The number of rotatable bonds is 2. The molecule has 0 atom stereocenters. The first-order valence-electron chi connectivity index (χ1n) is 9.19. The van der Waals surface area contributed by atoms with Gasteiger partial charge in [0.15, 0.2) is 0 Å². The van der Waals surface area contributed by atoms with Gasteiger partial charge in [0, 0.05) is 13.1 Å². The SMILES string of the molecule is CCC1(OC(=O)N2CCCCC2)C2CC3CC(C2)CC1C3. The van der Waals surface area contributed by atoms with E-state index in [1.54, 1.807) is 0 Å². The van der Waals surface area contributed by atoms with Crippen molar-refractivity contribution < 1.29 is 9.53 Å². The lowest BCUT2D eigenvalue weighted by Crippen LogP contribution is -2.60. The van der Waals surface area contributed by atoms with Crippen LogP contribution < -0.4 is 0 Å². The number of carbonyl (C=O) groups excluding carboxylic acids is 1. The Morgan fingerprint density at radius 1 is 1.00 bits per heavy atom. The molecule has 4 aliphatic carbocycles. The fourth-order valence-corrected chi connectivity index (χ4v) is 6.10. The maximum Gasteiger partial charge on any atom is 0.410 e. The zero-order chi connectivity index (χ0) is 14.4. The summed E-state index contributed by atoms with van der Waals surface area (Å²) in [6, 6.07) is 0. The number of piperidine rings is 1. The van der Waals surface area contributed by atoms with Gasteiger partial charge in [-0.3, -0.25) is 0 Å². The van der Waals surface area contributed by atoms with Gasteiger partial charge < -0.3 is 9.64 Å². The largest absolute Gasteiger partial charge is 0.442 e. The lowest BCUT2D eigenvalue weighted by atomic mass is 9.49. The van der Waals surface area contributed by atoms with Gasteiger partial charge in [0.1, 0.15) is 5.60 Å². The third kappa shape index (κ3) is 2.19. The number of likely N-dealkylation sites (tertiary alicyclic amines) is 1. The van der Waals surface area contributed by atoms with E-state index < -0.39 is 0 Å². The molecule has 3 heteroatoms. The van der Waals surface area contributed by atoms with Crippen molar-refractivity contribution in [2.45, 2.75) is 70.3 Å². The Hall–Kier alpha value is -0.730. The normalized spacial score (nSPS) is 44.9. The molecule has 4 saturated carbocycles. The number of ether oxygens (including phenoxy) is 1. The van der Waals surface area contributed by atoms with Gasteiger partial charge in [-0.2, -0.15) is 0 Å². The molecule has 21 heavy (non-hydrogen) atoms. The van der Waals surface area contributed by atoms with Crippen LogP contribution in [0.2, 0.25) is 0 Å². The first-order chi connectivity index (χ1) is 10.2. The van der Waals surface area contributed by atoms with Crippen LogP contribution in [0.15, 0.2) is 0 Å². The number of hydrogen-bond donors (Lipinski definition) is 0. The van der Waals surface area contributed by atoms with E-state index in [9.17, 15) is 4.79 Å². The molecule has 0 aromatic carbocycles.